The molecule has 2 aromatic rings. The van der Waals surface area contributed by atoms with Gasteiger partial charge in [0.05, 0.1) is 22.5 Å². The maximum absolute atomic E-state index is 15.6. The molecule has 1 saturated heterocycles. The van der Waals surface area contributed by atoms with Gasteiger partial charge in [-0.1, -0.05) is 6.07 Å². The molecule has 1 atom stereocenters. The molecule has 0 saturated carbocycles. The van der Waals surface area contributed by atoms with Gasteiger partial charge in [-0.15, -0.1) is 0 Å². The van der Waals surface area contributed by atoms with Crippen LogP contribution in [0.1, 0.15) is 48.7 Å². The van der Waals surface area contributed by atoms with E-state index in [1.807, 2.05) is 0 Å². The molecule has 0 bridgehead atoms. The van der Waals surface area contributed by atoms with Crippen LogP contribution in [-0.2, 0) is 9.84 Å². The van der Waals surface area contributed by atoms with Crippen LogP contribution < -0.4 is 5.32 Å². The number of alkyl halides is 1. The van der Waals surface area contributed by atoms with Gasteiger partial charge in [-0.25, -0.2) is 22.0 Å². The lowest BCUT2D eigenvalue weighted by Gasteiger charge is -2.37. The largest absolute Gasteiger partial charge is 0.325 e. The summed E-state index contributed by atoms with van der Waals surface area (Å²) in [7, 11) is -4.49. The van der Waals surface area contributed by atoms with Crippen molar-refractivity contribution in [2.75, 3.05) is 13.1 Å². The monoisotopic (exact) mass is 560 g/mol. The Bertz CT molecular complexity index is 1400. The lowest BCUT2D eigenvalue weighted by Crippen LogP contribution is -2.49. The Hall–Kier alpha value is -3.87. The molecule has 0 aliphatic carbocycles. The van der Waals surface area contributed by atoms with Crippen molar-refractivity contribution in [3.63, 3.8) is 0 Å². The Morgan fingerprint density at radius 3 is 2.54 bits per heavy atom. The highest BCUT2D eigenvalue weighted by atomic mass is 32.2. The molecular weight excluding hydrogens is 530 g/mol. The molecule has 3 N–H and O–H groups in total. The zero-order valence-corrected chi connectivity index (χ0v) is 22.4. The minimum Gasteiger partial charge on any atom is -0.325 e. The molecule has 10 nitrogen and oxygen atoms in total. The number of Topliss-reactive ketones (excluding diaryl/α,β-unsaturated/α-hetero) is 1. The average Bonchev–Trinajstić information content (AvgIpc) is 2.91. The molecule has 1 fully saturated rings. The van der Waals surface area contributed by atoms with Crippen LogP contribution in [0.4, 0.5) is 13.6 Å². The number of halogens is 2. The number of carbonyl (C=O) groups is 2. The topological polar surface area (TPSA) is 157 Å². The number of urea groups is 1. The van der Waals surface area contributed by atoms with Gasteiger partial charge >= 0.3 is 6.03 Å². The molecule has 3 rings (SSSR count). The lowest BCUT2D eigenvalue weighted by molar-refractivity contribution is 0.0984. The van der Waals surface area contributed by atoms with Crippen LogP contribution in [0.15, 0.2) is 53.2 Å². The van der Waals surface area contributed by atoms with Gasteiger partial charge in [0.2, 0.25) is 14.8 Å². The van der Waals surface area contributed by atoms with Gasteiger partial charge in [-0.05, 0) is 63.5 Å². The summed E-state index contributed by atoms with van der Waals surface area (Å²) in [5, 5.41) is 23.0. The van der Waals surface area contributed by atoms with Crippen molar-refractivity contribution in [2.24, 2.45) is 5.92 Å². The standard InChI is InChI=1S/C26H30F2N6O4S/c1-17-12-18(16-31-33-17)24(35)7-6-21(30)14-22(15-29)32-25(36)34-10-8-19(9-11-34)26(2,28)39(37,38)23-5-3-4-20(27)13-23/h3-5,12-16,19,29-30H,6-11H2,1-2H3,(H,32,36)/b22-14+,29-15?,30-21?. The maximum atomic E-state index is 15.6. The van der Waals surface area contributed by atoms with E-state index < -0.39 is 37.5 Å². The third-order valence-corrected chi connectivity index (χ3v) is 8.86. The van der Waals surface area contributed by atoms with Crippen LogP contribution in [0.2, 0.25) is 0 Å². The molecule has 1 aliphatic rings. The Balaban J connectivity index is 1.55. The van der Waals surface area contributed by atoms with Crippen molar-refractivity contribution in [3.05, 3.63) is 65.4 Å². The molecule has 2 amide bonds. The fourth-order valence-corrected chi connectivity index (χ4v) is 5.94. The van der Waals surface area contributed by atoms with Gasteiger partial charge in [0.25, 0.3) is 0 Å². The summed E-state index contributed by atoms with van der Waals surface area (Å²) >= 11 is 0. The van der Waals surface area contributed by atoms with E-state index in [9.17, 15) is 22.4 Å². The number of nitrogens with one attached hydrogen (secondary N) is 3. The number of hydrogen-bond donors (Lipinski definition) is 3. The second-order valence-corrected chi connectivity index (χ2v) is 11.7. The van der Waals surface area contributed by atoms with E-state index in [0.717, 1.165) is 31.3 Å². The maximum Gasteiger partial charge on any atom is 0.321 e. The highest BCUT2D eigenvalue weighted by molar-refractivity contribution is 7.92. The number of piperidine rings is 1. The Labute approximate surface area is 225 Å². The zero-order chi connectivity index (χ0) is 28.8. The summed E-state index contributed by atoms with van der Waals surface area (Å²) in [6.07, 6.45) is 3.71. The third-order valence-electron chi connectivity index (χ3n) is 6.60. The number of allylic oxidation sites excluding steroid dienone is 2. The van der Waals surface area contributed by atoms with Gasteiger partial charge in [0.15, 0.2) is 5.78 Å². The van der Waals surface area contributed by atoms with E-state index in [2.05, 4.69) is 15.5 Å². The zero-order valence-electron chi connectivity index (χ0n) is 21.6. The van der Waals surface area contributed by atoms with Crippen molar-refractivity contribution in [1.29, 1.82) is 10.8 Å². The number of aryl methyl sites for hydroxylation is 1. The van der Waals surface area contributed by atoms with Gasteiger partial charge in [0, 0.05) is 42.9 Å². The van der Waals surface area contributed by atoms with Crippen LogP contribution in [0.3, 0.4) is 0 Å². The van der Waals surface area contributed by atoms with Crippen molar-refractivity contribution < 1.29 is 26.8 Å². The molecule has 1 aromatic carbocycles. The van der Waals surface area contributed by atoms with Crippen molar-refractivity contribution in [3.8, 4) is 0 Å². The van der Waals surface area contributed by atoms with Crippen LogP contribution in [0, 0.1) is 29.5 Å². The highest BCUT2D eigenvalue weighted by Gasteiger charge is 2.48. The average molecular weight is 561 g/mol. The number of sulfone groups is 1. The first-order chi connectivity index (χ1) is 18.3. The summed E-state index contributed by atoms with van der Waals surface area (Å²) in [5.74, 6) is -1.92. The van der Waals surface area contributed by atoms with E-state index in [1.165, 1.54) is 23.2 Å². The number of nitrogens with zero attached hydrogens (tertiary/aromatic N) is 3. The molecule has 1 aliphatic heterocycles. The summed E-state index contributed by atoms with van der Waals surface area (Å²) in [6.45, 7) is 2.80. The van der Waals surface area contributed by atoms with Gasteiger partial charge in [-0.3, -0.25) is 4.79 Å². The number of rotatable bonds is 10. The van der Waals surface area contributed by atoms with E-state index in [-0.39, 0.29) is 56.0 Å². The minimum atomic E-state index is -4.49. The molecule has 208 valence electrons. The molecular formula is C26H30F2N6O4S. The van der Waals surface area contributed by atoms with E-state index >= 15 is 4.39 Å². The summed E-state index contributed by atoms with van der Waals surface area (Å²) < 4.78 is 55.0. The lowest BCUT2D eigenvalue weighted by atomic mass is 9.92. The molecule has 1 aromatic heterocycles. The molecule has 0 radical (unpaired) electrons. The first-order valence-electron chi connectivity index (χ1n) is 12.2. The number of likely N-dealkylation sites (tertiary alicyclic amines) is 1. The van der Waals surface area contributed by atoms with E-state index in [1.54, 1.807) is 13.0 Å². The highest BCUT2D eigenvalue weighted by Crippen LogP contribution is 2.39. The second kappa shape index (κ2) is 12.3. The van der Waals surface area contributed by atoms with Crippen LogP contribution in [-0.4, -0.2) is 65.3 Å². The number of aromatic nitrogens is 2. The summed E-state index contributed by atoms with van der Waals surface area (Å²) in [4.78, 5) is 26.0. The molecule has 1 unspecified atom stereocenters. The van der Waals surface area contributed by atoms with E-state index in [0.29, 0.717) is 11.3 Å². The smallest absolute Gasteiger partial charge is 0.321 e. The summed E-state index contributed by atoms with van der Waals surface area (Å²) in [6, 6.07) is 5.23. The van der Waals surface area contributed by atoms with Crippen LogP contribution in [0.25, 0.3) is 0 Å². The Kier molecular flexibility index (Phi) is 9.38. The first kappa shape index (κ1) is 29.7. The fourth-order valence-electron chi connectivity index (χ4n) is 4.28. The van der Waals surface area contributed by atoms with Gasteiger partial charge in [-0.2, -0.15) is 10.2 Å². The number of amides is 2. The summed E-state index contributed by atoms with van der Waals surface area (Å²) in [5.41, 5.74) is 1.04. The fraction of sp³-hybridized carbons (Fsp3) is 0.385. The Morgan fingerprint density at radius 1 is 1.23 bits per heavy atom. The minimum absolute atomic E-state index is 0.0235. The number of carbonyl (C=O) groups excluding carboxylic acids is 2. The second-order valence-electron chi connectivity index (χ2n) is 9.42. The molecule has 2 heterocycles. The van der Waals surface area contributed by atoms with E-state index in [4.69, 9.17) is 10.8 Å². The number of ketones is 1. The van der Waals surface area contributed by atoms with Gasteiger partial charge < -0.3 is 21.0 Å². The quantitative estimate of drug-likeness (QED) is 0.294. The number of hydrogen-bond acceptors (Lipinski definition) is 8. The predicted molar refractivity (Wildman–Crippen MR) is 141 cm³/mol. The third kappa shape index (κ3) is 7.16. The first-order valence-corrected chi connectivity index (χ1v) is 13.7. The van der Waals surface area contributed by atoms with Crippen LogP contribution in [0.5, 0.6) is 0 Å². The number of benzene rings is 1. The SMILES string of the molecule is Cc1cc(C(=O)CCC(=N)/C=C(\C=N)NC(=O)N2CCC(C(C)(F)S(=O)(=O)c3cccc(F)c3)CC2)cnn1. The predicted octanol–water partition coefficient (Wildman–Crippen LogP) is 4.02. The Morgan fingerprint density at radius 2 is 1.92 bits per heavy atom. The van der Waals surface area contributed by atoms with Crippen molar-refractivity contribution >= 4 is 33.6 Å². The molecule has 39 heavy (non-hydrogen) atoms. The molecule has 13 heteroatoms. The van der Waals surface area contributed by atoms with Crippen LogP contribution >= 0.6 is 0 Å². The van der Waals surface area contributed by atoms with Crippen molar-refractivity contribution in [2.45, 2.75) is 49.4 Å². The van der Waals surface area contributed by atoms with Crippen molar-refractivity contribution in [1.82, 2.24) is 20.4 Å². The molecule has 0 spiro atoms. The normalized spacial score (nSPS) is 16.3. The van der Waals surface area contributed by atoms with Gasteiger partial charge in [0.1, 0.15) is 5.82 Å².